The Morgan fingerprint density at radius 2 is 1.97 bits per heavy atom. The monoisotopic (exact) mass is 505 g/mol. The fraction of sp³-hybridized carbons (Fsp3) is 0.517. The van der Waals surface area contributed by atoms with Crippen LogP contribution in [-0.2, 0) is 11.8 Å². The molecule has 0 bridgehead atoms. The van der Waals surface area contributed by atoms with E-state index in [9.17, 15) is 9.18 Å². The number of nitrogens with zero attached hydrogens (tertiary/aromatic N) is 4. The summed E-state index contributed by atoms with van der Waals surface area (Å²) >= 11 is 0. The van der Waals surface area contributed by atoms with Gasteiger partial charge in [0.05, 0.1) is 36.5 Å². The molecule has 3 aliphatic heterocycles. The number of ether oxygens (including phenoxy) is 1. The molecule has 1 amide bonds. The van der Waals surface area contributed by atoms with Gasteiger partial charge in [-0.1, -0.05) is 6.07 Å². The maximum atomic E-state index is 14.5. The van der Waals surface area contributed by atoms with Crippen molar-refractivity contribution in [3.8, 4) is 11.1 Å². The second-order valence-corrected chi connectivity index (χ2v) is 11.0. The molecule has 0 spiro atoms. The molecule has 0 aliphatic carbocycles. The van der Waals surface area contributed by atoms with Crippen molar-refractivity contribution in [3.63, 3.8) is 0 Å². The number of aromatic nitrogens is 2. The largest absolute Gasteiger partial charge is 0.377 e. The van der Waals surface area contributed by atoms with E-state index in [1.165, 1.54) is 37.1 Å². The lowest BCUT2D eigenvalue weighted by atomic mass is 9.85. The van der Waals surface area contributed by atoms with Crippen LogP contribution in [0.2, 0.25) is 0 Å². The number of amides is 1. The zero-order valence-corrected chi connectivity index (χ0v) is 21.8. The van der Waals surface area contributed by atoms with Crippen molar-refractivity contribution in [1.29, 1.82) is 0 Å². The summed E-state index contributed by atoms with van der Waals surface area (Å²) in [6, 6.07) is 9.00. The zero-order valence-electron chi connectivity index (χ0n) is 21.8. The average molecular weight is 506 g/mol. The van der Waals surface area contributed by atoms with Crippen molar-refractivity contribution >= 4 is 16.8 Å². The van der Waals surface area contributed by atoms with Crippen LogP contribution < -0.4 is 5.32 Å². The highest BCUT2D eigenvalue weighted by Crippen LogP contribution is 2.38. The second kappa shape index (κ2) is 10.2. The molecule has 8 heteroatoms. The molecule has 3 saturated heterocycles. The third kappa shape index (κ3) is 4.78. The molecule has 3 fully saturated rings. The van der Waals surface area contributed by atoms with Gasteiger partial charge in [0.1, 0.15) is 5.82 Å². The molecule has 0 radical (unpaired) electrons. The standard InChI is InChI=1S/C29H36FN5O2/c1-19-18-37-10-9-35(19)29(36)26-13-23(30)3-4-24(26)25-11-21(12-28-27(25)14-32-33(28)2)22-16-34(17-22)15-20-5-7-31-8-6-20/h3-4,11-14,19-20,22,31H,5-10,15-18H2,1-2H3/t19-/m1/s1. The van der Waals surface area contributed by atoms with Gasteiger partial charge in [0.2, 0.25) is 0 Å². The number of hydrogen-bond donors (Lipinski definition) is 1. The normalized spacial score (nSPS) is 21.9. The maximum Gasteiger partial charge on any atom is 0.254 e. The summed E-state index contributed by atoms with van der Waals surface area (Å²) in [5, 5.41) is 8.96. The van der Waals surface area contributed by atoms with Gasteiger partial charge in [-0.25, -0.2) is 4.39 Å². The molecule has 1 atom stereocenters. The summed E-state index contributed by atoms with van der Waals surface area (Å²) in [6.45, 7) is 9.00. The fourth-order valence-corrected chi connectivity index (χ4v) is 6.20. The minimum atomic E-state index is -0.404. The predicted octanol–water partition coefficient (Wildman–Crippen LogP) is 3.64. The van der Waals surface area contributed by atoms with Gasteiger partial charge in [-0.3, -0.25) is 9.48 Å². The molecule has 3 aromatic rings. The van der Waals surface area contributed by atoms with Crippen molar-refractivity contribution in [2.75, 3.05) is 52.5 Å². The quantitative estimate of drug-likeness (QED) is 0.574. The highest BCUT2D eigenvalue weighted by Gasteiger charge is 2.32. The van der Waals surface area contributed by atoms with Crippen LogP contribution in [0.3, 0.4) is 0 Å². The number of hydrogen-bond acceptors (Lipinski definition) is 5. The van der Waals surface area contributed by atoms with Gasteiger partial charge in [-0.2, -0.15) is 5.10 Å². The van der Waals surface area contributed by atoms with Crippen LogP contribution in [0.1, 0.15) is 41.6 Å². The summed E-state index contributed by atoms with van der Waals surface area (Å²) in [7, 11) is 1.95. The molecule has 37 heavy (non-hydrogen) atoms. The number of halogens is 1. The Balaban J connectivity index is 1.33. The zero-order chi connectivity index (χ0) is 25.5. The van der Waals surface area contributed by atoms with Crippen LogP contribution in [0.15, 0.2) is 36.5 Å². The van der Waals surface area contributed by atoms with Gasteiger partial charge in [0.25, 0.3) is 5.91 Å². The fourth-order valence-electron chi connectivity index (χ4n) is 6.20. The summed E-state index contributed by atoms with van der Waals surface area (Å²) < 4.78 is 21.9. The van der Waals surface area contributed by atoms with E-state index in [1.54, 1.807) is 11.0 Å². The molecule has 7 nitrogen and oxygen atoms in total. The van der Waals surface area contributed by atoms with Crippen LogP contribution in [0, 0.1) is 11.7 Å². The highest BCUT2D eigenvalue weighted by atomic mass is 19.1. The molecular weight excluding hydrogens is 469 g/mol. The third-order valence-electron chi connectivity index (χ3n) is 8.42. The third-order valence-corrected chi connectivity index (χ3v) is 8.42. The first-order valence-electron chi connectivity index (χ1n) is 13.6. The van der Waals surface area contributed by atoms with Crippen molar-refractivity contribution in [1.82, 2.24) is 24.9 Å². The van der Waals surface area contributed by atoms with Gasteiger partial charge in [-0.15, -0.1) is 0 Å². The highest BCUT2D eigenvalue weighted by molar-refractivity contribution is 6.05. The van der Waals surface area contributed by atoms with E-state index < -0.39 is 5.82 Å². The summed E-state index contributed by atoms with van der Waals surface area (Å²) in [6.07, 6.45) is 4.37. The number of carbonyl (C=O) groups is 1. The number of carbonyl (C=O) groups excluding carboxylic acids is 1. The summed E-state index contributed by atoms with van der Waals surface area (Å²) in [5.74, 6) is 0.676. The van der Waals surface area contributed by atoms with Gasteiger partial charge < -0.3 is 19.9 Å². The number of fused-ring (bicyclic) bond motifs is 1. The van der Waals surface area contributed by atoms with Crippen molar-refractivity contribution in [2.45, 2.75) is 31.7 Å². The lowest BCUT2D eigenvalue weighted by Gasteiger charge is -2.42. The lowest BCUT2D eigenvalue weighted by molar-refractivity contribution is 0.00361. The Morgan fingerprint density at radius 1 is 1.16 bits per heavy atom. The molecule has 1 N–H and O–H groups in total. The van der Waals surface area contributed by atoms with Gasteiger partial charge in [0.15, 0.2) is 0 Å². The SMILES string of the molecule is C[C@@H]1COCCN1C(=O)c1cc(F)ccc1-c1cc(C2CN(CC3CCNCC3)C2)cc2c1cnn2C. The summed E-state index contributed by atoms with van der Waals surface area (Å²) in [4.78, 5) is 18.1. The Kier molecular flexibility index (Phi) is 6.73. The number of morpholine rings is 1. The smallest absolute Gasteiger partial charge is 0.254 e. The Bertz CT molecular complexity index is 1290. The maximum absolute atomic E-state index is 14.5. The molecule has 4 heterocycles. The molecule has 6 rings (SSSR count). The van der Waals surface area contributed by atoms with Crippen LogP contribution in [0.5, 0.6) is 0 Å². The molecule has 2 aromatic carbocycles. The molecule has 3 aliphatic rings. The molecule has 196 valence electrons. The Labute approximate surface area is 217 Å². The molecule has 1 aromatic heterocycles. The molecule has 0 unspecified atom stereocenters. The molecular formula is C29H36FN5O2. The predicted molar refractivity (Wildman–Crippen MR) is 142 cm³/mol. The van der Waals surface area contributed by atoms with Gasteiger partial charge in [0, 0.05) is 44.5 Å². The number of aryl methyl sites for hydroxylation is 1. The Morgan fingerprint density at radius 3 is 2.76 bits per heavy atom. The van der Waals surface area contributed by atoms with Crippen molar-refractivity contribution in [2.24, 2.45) is 13.0 Å². The van der Waals surface area contributed by atoms with E-state index in [2.05, 4.69) is 27.4 Å². The minimum Gasteiger partial charge on any atom is -0.377 e. The van der Waals surface area contributed by atoms with Crippen molar-refractivity contribution in [3.05, 3.63) is 53.5 Å². The van der Waals surface area contributed by atoms with Crippen molar-refractivity contribution < 1.29 is 13.9 Å². The lowest BCUT2D eigenvalue weighted by Crippen LogP contribution is -2.48. The van der Waals surface area contributed by atoms with Crippen LogP contribution in [-0.4, -0.2) is 84.0 Å². The minimum absolute atomic E-state index is 0.0528. The number of rotatable bonds is 5. The second-order valence-electron chi connectivity index (χ2n) is 11.0. The van der Waals surface area contributed by atoms with E-state index in [4.69, 9.17) is 4.74 Å². The van der Waals surface area contributed by atoms with Gasteiger partial charge >= 0.3 is 0 Å². The Hall–Kier alpha value is -2.81. The van der Waals surface area contributed by atoms with E-state index in [1.807, 2.05) is 24.9 Å². The van der Waals surface area contributed by atoms with Crippen LogP contribution in [0.25, 0.3) is 22.0 Å². The number of likely N-dealkylation sites (tertiary alicyclic amines) is 1. The number of piperidine rings is 1. The topological polar surface area (TPSA) is 62.6 Å². The number of benzene rings is 2. The van der Waals surface area contributed by atoms with Crippen LogP contribution in [0.4, 0.5) is 4.39 Å². The first-order valence-corrected chi connectivity index (χ1v) is 13.6. The van der Waals surface area contributed by atoms with E-state index in [0.717, 1.165) is 54.1 Å². The van der Waals surface area contributed by atoms with Crippen LogP contribution >= 0.6 is 0 Å². The van der Waals surface area contributed by atoms with E-state index in [0.29, 0.717) is 31.2 Å². The first-order chi connectivity index (χ1) is 18.0. The average Bonchev–Trinajstić information content (AvgIpc) is 3.26. The number of nitrogens with one attached hydrogen (secondary N) is 1. The molecule has 0 saturated carbocycles. The summed E-state index contributed by atoms with van der Waals surface area (Å²) in [5.41, 5.74) is 4.40. The van der Waals surface area contributed by atoms with E-state index in [-0.39, 0.29) is 11.9 Å². The van der Waals surface area contributed by atoms with Gasteiger partial charge in [-0.05, 0) is 79.7 Å². The van der Waals surface area contributed by atoms with E-state index >= 15 is 0 Å². The first kappa shape index (κ1) is 24.5.